The number of aliphatic hydroxyl groups is 2. The van der Waals surface area contributed by atoms with Crippen molar-refractivity contribution in [1.82, 2.24) is 9.71 Å². The van der Waals surface area contributed by atoms with Crippen LogP contribution in [-0.4, -0.2) is 33.3 Å². The summed E-state index contributed by atoms with van der Waals surface area (Å²) in [6.45, 7) is 7.34. The summed E-state index contributed by atoms with van der Waals surface area (Å²) in [6.07, 6.45) is 13.3. The maximum atomic E-state index is 12.5. The number of aromatic nitrogens is 1. The SMILES string of the molecule is C[C@H](CCC(=O)NSc1cccnc1)C1CCC2C3C(O)CC4C[C@H](O)CCC4(C)C3CCC21C. The van der Waals surface area contributed by atoms with Crippen LogP contribution in [0, 0.1) is 46.3 Å². The lowest BCUT2D eigenvalue weighted by molar-refractivity contribution is -0.174. The van der Waals surface area contributed by atoms with Crippen molar-refractivity contribution in [3.05, 3.63) is 24.5 Å². The fourth-order valence-electron chi connectivity index (χ4n) is 9.31. The molecule has 8 unspecified atom stereocenters. The Bertz CT molecular complexity index is 899. The maximum absolute atomic E-state index is 12.5. The summed E-state index contributed by atoms with van der Waals surface area (Å²) < 4.78 is 2.97. The van der Waals surface area contributed by atoms with E-state index < -0.39 is 0 Å². The molecule has 4 aliphatic rings. The minimum atomic E-state index is -0.225. The fourth-order valence-corrected chi connectivity index (χ4v) is 9.90. The van der Waals surface area contributed by atoms with E-state index in [4.69, 9.17) is 0 Å². The predicted molar refractivity (Wildman–Crippen MR) is 139 cm³/mol. The average molecular weight is 501 g/mol. The first kappa shape index (κ1) is 25.5. The van der Waals surface area contributed by atoms with Gasteiger partial charge in [-0.05, 0) is 128 Å². The summed E-state index contributed by atoms with van der Waals surface area (Å²) in [7, 11) is 0. The Morgan fingerprint density at radius 3 is 2.69 bits per heavy atom. The van der Waals surface area contributed by atoms with Gasteiger partial charge in [0.15, 0.2) is 0 Å². The van der Waals surface area contributed by atoms with Crippen molar-refractivity contribution in [2.24, 2.45) is 46.3 Å². The van der Waals surface area contributed by atoms with Crippen molar-refractivity contribution in [2.75, 3.05) is 0 Å². The molecule has 6 heteroatoms. The molecule has 0 bridgehead atoms. The van der Waals surface area contributed by atoms with E-state index in [0.717, 1.165) is 37.0 Å². The van der Waals surface area contributed by atoms with E-state index >= 15 is 0 Å². The fraction of sp³-hybridized carbons (Fsp3) is 0.793. The van der Waals surface area contributed by atoms with Gasteiger partial charge in [0.05, 0.1) is 12.2 Å². The zero-order valence-corrected chi connectivity index (χ0v) is 22.5. The highest BCUT2D eigenvalue weighted by molar-refractivity contribution is 7.98. The molecule has 0 spiro atoms. The van der Waals surface area contributed by atoms with Gasteiger partial charge in [0.2, 0.25) is 5.91 Å². The molecule has 0 aliphatic heterocycles. The third-order valence-corrected chi connectivity index (χ3v) is 12.0. The van der Waals surface area contributed by atoms with E-state index in [2.05, 4.69) is 30.5 Å². The van der Waals surface area contributed by atoms with Crippen LogP contribution in [0.1, 0.15) is 85.0 Å². The van der Waals surface area contributed by atoms with Gasteiger partial charge >= 0.3 is 0 Å². The maximum Gasteiger partial charge on any atom is 0.230 e. The Kier molecular flexibility index (Phi) is 7.28. The summed E-state index contributed by atoms with van der Waals surface area (Å²) in [5.41, 5.74) is 0.540. The minimum absolute atomic E-state index is 0.0928. The Balaban J connectivity index is 1.21. The molecular weight excluding hydrogens is 456 g/mol. The molecule has 4 aliphatic carbocycles. The molecule has 10 atom stereocenters. The number of hydrogen-bond donors (Lipinski definition) is 3. The van der Waals surface area contributed by atoms with Crippen LogP contribution in [-0.2, 0) is 4.79 Å². The molecule has 0 aromatic carbocycles. The smallest absolute Gasteiger partial charge is 0.230 e. The molecule has 1 aromatic heterocycles. The zero-order chi connectivity index (χ0) is 24.8. The Morgan fingerprint density at radius 2 is 1.91 bits per heavy atom. The topological polar surface area (TPSA) is 82.5 Å². The van der Waals surface area contributed by atoms with Gasteiger partial charge in [0.1, 0.15) is 0 Å². The Morgan fingerprint density at radius 1 is 1.14 bits per heavy atom. The number of amides is 1. The molecule has 194 valence electrons. The van der Waals surface area contributed by atoms with Gasteiger partial charge in [-0.25, -0.2) is 0 Å². The third-order valence-electron chi connectivity index (χ3n) is 11.2. The number of rotatable bonds is 6. The second-order valence-electron chi connectivity index (χ2n) is 12.8. The molecule has 5 nitrogen and oxygen atoms in total. The van der Waals surface area contributed by atoms with Crippen molar-refractivity contribution >= 4 is 17.9 Å². The summed E-state index contributed by atoms with van der Waals surface area (Å²) in [5, 5.41) is 21.7. The first-order chi connectivity index (χ1) is 16.7. The number of carbonyl (C=O) groups is 1. The molecule has 1 amide bonds. The van der Waals surface area contributed by atoms with Crippen LogP contribution in [0.25, 0.3) is 0 Å². The van der Waals surface area contributed by atoms with Crippen LogP contribution in [0.5, 0.6) is 0 Å². The number of fused-ring (bicyclic) bond motifs is 5. The molecule has 0 radical (unpaired) electrons. The number of nitrogens with one attached hydrogen (secondary N) is 1. The quantitative estimate of drug-likeness (QED) is 0.442. The van der Waals surface area contributed by atoms with E-state index in [9.17, 15) is 15.0 Å². The lowest BCUT2D eigenvalue weighted by Gasteiger charge is -2.62. The van der Waals surface area contributed by atoms with Crippen LogP contribution < -0.4 is 4.72 Å². The third kappa shape index (κ3) is 4.68. The molecule has 0 saturated heterocycles. The summed E-state index contributed by atoms with van der Waals surface area (Å²) in [4.78, 5) is 17.6. The van der Waals surface area contributed by atoms with E-state index in [1.807, 2.05) is 12.1 Å². The highest BCUT2D eigenvalue weighted by Gasteiger charge is 2.62. The number of nitrogens with zero attached hydrogens (tertiary/aromatic N) is 1. The lowest BCUT2D eigenvalue weighted by Crippen LogP contribution is -2.58. The summed E-state index contributed by atoms with van der Waals surface area (Å²) >= 11 is 1.35. The Hall–Kier alpha value is -1.11. The van der Waals surface area contributed by atoms with Crippen LogP contribution in [0.4, 0.5) is 0 Å². The molecule has 1 aromatic rings. The molecule has 4 fully saturated rings. The summed E-state index contributed by atoms with van der Waals surface area (Å²) in [5.74, 6) is 3.26. The average Bonchev–Trinajstić information content (AvgIpc) is 3.20. The van der Waals surface area contributed by atoms with Gasteiger partial charge < -0.3 is 10.2 Å². The van der Waals surface area contributed by atoms with Crippen molar-refractivity contribution in [2.45, 2.75) is 102 Å². The predicted octanol–water partition coefficient (Wildman–Crippen LogP) is 5.61. The lowest BCUT2D eigenvalue weighted by atomic mass is 9.43. The highest BCUT2D eigenvalue weighted by Crippen LogP contribution is 2.68. The molecule has 35 heavy (non-hydrogen) atoms. The normalized spacial score (nSPS) is 43.5. The highest BCUT2D eigenvalue weighted by atomic mass is 32.2. The molecule has 4 saturated carbocycles. The van der Waals surface area contributed by atoms with Crippen LogP contribution in [0.3, 0.4) is 0 Å². The first-order valence-electron chi connectivity index (χ1n) is 13.9. The minimum Gasteiger partial charge on any atom is -0.393 e. The van der Waals surface area contributed by atoms with Gasteiger partial charge in [0.25, 0.3) is 0 Å². The summed E-state index contributed by atoms with van der Waals surface area (Å²) in [6, 6.07) is 3.83. The van der Waals surface area contributed by atoms with E-state index in [-0.39, 0.29) is 28.9 Å². The van der Waals surface area contributed by atoms with Crippen molar-refractivity contribution < 1.29 is 15.0 Å². The first-order valence-corrected chi connectivity index (χ1v) is 14.8. The van der Waals surface area contributed by atoms with Crippen molar-refractivity contribution in [3.8, 4) is 0 Å². The number of pyridine rings is 1. The Labute approximate surface area is 215 Å². The second-order valence-corrected chi connectivity index (χ2v) is 13.7. The van der Waals surface area contributed by atoms with Gasteiger partial charge in [0, 0.05) is 23.7 Å². The molecular formula is C29H44N2O3S. The van der Waals surface area contributed by atoms with E-state index in [1.165, 1.54) is 37.6 Å². The second kappa shape index (κ2) is 9.98. The number of hydrogen-bond acceptors (Lipinski definition) is 5. The van der Waals surface area contributed by atoms with Crippen LogP contribution >= 0.6 is 11.9 Å². The molecule has 1 heterocycles. The van der Waals surface area contributed by atoms with Crippen molar-refractivity contribution in [3.63, 3.8) is 0 Å². The van der Waals surface area contributed by atoms with Gasteiger partial charge in [-0.1, -0.05) is 20.8 Å². The van der Waals surface area contributed by atoms with E-state index in [1.54, 1.807) is 12.4 Å². The van der Waals surface area contributed by atoms with Crippen LogP contribution in [0.15, 0.2) is 29.4 Å². The van der Waals surface area contributed by atoms with Gasteiger partial charge in [-0.2, -0.15) is 0 Å². The number of carbonyl (C=O) groups excluding carboxylic acids is 1. The van der Waals surface area contributed by atoms with Crippen LogP contribution in [0.2, 0.25) is 0 Å². The molecule has 3 N–H and O–H groups in total. The van der Waals surface area contributed by atoms with E-state index in [0.29, 0.717) is 41.9 Å². The standard InChI is InChI=1S/C29H44N2O3S/c1-18(6-9-26(34)31-35-21-5-4-14-30-17-21)22-7-8-23-27-24(11-13-29(22,23)3)28(2)12-10-20(32)15-19(28)16-25(27)33/h4-5,14,17-20,22-25,27,32-33H,6-13,15-16H2,1-3H3,(H,31,34)/t18-,19?,20-,22?,23?,24?,25?,27?,28?,29?/m1/s1. The zero-order valence-electron chi connectivity index (χ0n) is 21.7. The van der Waals surface area contributed by atoms with Gasteiger partial charge in [-0.3, -0.25) is 14.5 Å². The van der Waals surface area contributed by atoms with Gasteiger partial charge in [-0.15, -0.1) is 0 Å². The number of aliphatic hydroxyl groups excluding tert-OH is 2. The van der Waals surface area contributed by atoms with Crippen molar-refractivity contribution in [1.29, 1.82) is 0 Å². The largest absolute Gasteiger partial charge is 0.393 e. The molecule has 5 rings (SSSR count). The monoisotopic (exact) mass is 500 g/mol.